The molecule has 2 heteroatoms. The van der Waals surface area contributed by atoms with Gasteiger partial charge in [0.15, 0.2) is 0 Å². The van der Waals surface area contributed by atoms with Crippen LogP contribution in [0.15, 0.2) is 30.3 Å². The predicted molar refractivity (Wildman–Crippen MR) is 82.6 cm³/mol. The second-order valence-electron chi connectivity index (χ2n) is 5.73. The van der Waals surface area contributed by atoms with Crippen molar-refractivity contribution < 1.29 is 0 Å². The van der Waals surface area contributed by atoms with E-state index in [4.69, 9.17) is 0 Å². The molecular formula is C17H28N2. The van der Waals surface area contributed by atoms with Crippen LogP contribution in [0.25, 0.3) is 0 Å². The Labute approximate surface area is 118 Å². The molecule has 19 heavy (non-hydrogen) atoms. The maximum absolute atomic E-state index is 3.53. The molecule has 1 saturated heterocycles. The van der Waals surface area contributed by atoms with Crippen LogP contribution in [0.2, 0.25) is 0 Å². The first kappa shape index (κ1) is 14.5. The highest BCUT2D eigenvalue weighted by molar-refractivity contribution is 5.18. The summed E-state index contributed by atoms with van der Waals surface area (Å²) in [5.41, 5.74) is 1.47. The third-order valence-corrected chi connectivity index (χ3v) is 4.41. The Hall–Kier alpha value is -0.860. The molecule has 0 aliphatic carbocycles. The number of nitrogens with zero attached hydrogens (tertiary/aromatic N) is 1. The second-order valence-corrected chi connectivity index (χ2v) is 5.73. The van der Waals surface area contributed by atoms with Crippen molar-refractivity contribution in [2.75, 3.05) is 26.2 Å². The van der Waals surface area contributed by atoms with Crippen molar-refractivity contribution in [2.24, 2.45) is 0 Å². The van der Waals surface area contributed by atoms with Gasteiger partial charge in [0.25, 0.3) is 0 Å². The standard InChI is InChI=1S/C17H28N2/c1-3-19(17-10-7-12-18-14-17)13-11-15(2)16-8-5-4-6-9-16/h4-6,8-9,15,17-18H,3,7,10-14H2,1-2H3. The first-order valence-corrected chi connectivity index (χ1v) is 7.81. The Morgan fingerprint density at radius 3 is 2.74 bits per heavy atom. The maximum atomic E-state index is 3.53. The summed E-state index contributed by atoms with van der Waals surface area (Å²) < 4.78 is 0. The number of piperidine rings is 1. The van der Waals surface area contributed by atoms with E-state index < -0.39 is 0 Å². The molecule has 2 rings (SSSR count). The monoisotopic (exact) mass is 260 g/mol. The van der Waals surface area contributed by atoms with Crippen LogP contribution in [-0.2, 0) is 0 Å². The molecule has 1 heterocycles. The van der Waals surface area contributed by atoms with Gasteiger partial charge in [0.2, 0.25) is 0 Å². The molecule has 0 aromatic heterocycles. The normalized spacial score (nSPS) is 21.5. The molecule has 0 amide bonds. The van der Waals surface area contributed by atoms with Crippen LogP contribution in [0.3, 0.4) is 0 Å². The van der Waals surface area contributed by atoms with Crippen LogP contribution in [-0.4, -0.2) is 37.1 Å². The molecule has 0 spiro atoms. The predicted octanol–water partition coefficient (Wildman–Crippen LogP) is 3.25. The highest BCUT2D eigenvalue weighted by Crippen LogP contribution is 2.20. The van der Waals surface area contributed by atoms with E-state index >= 15 is 0 Å². The SMILES string of the molecule is CCN(CCC(C)c1ccccc1)C1CCCNC1. The van der Waals surface area contributed by atoms with Gasteiger partial charge in [0.1, 0.15) is 0 Å². The molecule has 0 saturated carbocycles. The maximum Gasteiger partial charge on any atom is 0.0220 e. The number of hydrogen-bond donors (Lipinski definition) is 1. The highest BCUT2D eigenvalue weighted by Gasteiger charge is 2.19. The molecule has 1 N–H and O–H groups in total. The molecule has 2 atom stereocenters. The minimum absolute atomic E-state index is 0.659. The summed E-state index contributed by atoms with van der Waals surface area (Å²) in [4.78, 5) is 2.66. The van der Waals surface area contributed by atoms with Crippen LogP contribution in [0.5, 0.6) is 0 Å². The van der Waals surface area contributed by atoms with Crippen molar-refractivity contribution in [3.05, 3.63) is 35.9 Å². The first-order chi connectivity index (χ1) is 9.31. The van der Waals surface area contributed by atoms with E-state index in [-0.39, 0.29) is 0 Å². The highest BCUT2D eigenvalue weighted by atomic mass is 15.2. The van der Waals surface area contributed by atoms with Crippen molar-refractivity contribution in [3.8, 4) is 0 Å². The Bertz CT molecular complexity index is 344. The van der Waals surface area contributed by atoms with Crippen LogP contribution in [0.1, 0.15) is 44.6 Å². The van der Waals surface area contributed by atoms with Gasteiger partial charge in [-0.15, -0.1) is 0 Å². The van der Waals surface area contributed by atoms with Gasteiger partial charge in [-0.1, -0.05) is 44.2 Å². The smallest absolute Gasteiger partial charge is 0.0220 e. The fraction of sp³-hybridized carbons (Fsp3) is 0.647. The van der Waals surface area contributed by atoms with Gasteiger partial charge < -0.3 is 5.32 Å². The van der Waals surface area contributed by atoms with E-state index in [1.54, 1.807) is 0 Å². The van der Waals surface area contributed by atoms with Crippen molar-refractivity contribution in [2.45, 2.75) is 45.1 Å². The molecule has 1 aromatic rings. The van der Waals surface area contributed by atoms with E-state index in [0.717, 1.165) is 6.04 Å². The lowest BCUT2D eigenvalue weighted by Crippen LogP contribution is -2.46. The van der Waals surface area contributed by atoms with Crippen molar-refractivity contribution >= 4 is 0 Å². The lowest BCUT2D eigenvalue weighted by Gasteiger charge is -2.34. The fourth-order valence-electron chi connectivity index (χ4n) is 3.05. The summed E-state index contributed by atoms with van der Waals surface area (Å²) in [6, 6.07) is 11.7. The lowest BCUT2D eigenvalue weighted by atomic mass is 9.97. The van der Waals surface area contributed by atoms with Crippen molar-refractivity contribution in [1.29, 1.82) is 0 Å². The Morgan fingerprint density at radius 1 is 1.32 bits per heavy atom. The Kier molecular flexibility index (Phi) is 5.87. The largest absolute Gasteiger partial charge is 0.315 e. The minimum Gasteiger partial charge on any atom is -0.315 e. The zero-order valence-corrected chi connectivity index (χ0v) is 12.4. The average molecular weight is 260 g/mol. The summed E-state index contributed by atoms with van der Waals surface area (Å²) in [5.74, 6) is 0.659. The van der Waals surface area contributed by atoms with E-state index in [1.165, 1.54) is 51.0 Å². The van der Waals surface area contributed by atoms with Crippen molar-refractivity contribution in [3.63, 3.8) is 0 Å². The lowest BCUT2D eigenvalue weighted by molar-refractivity contribution is 0.169. The Balaban J connectivity index is 1.82. The van der Waals surface area contributed by atoms with Gasteiger partial charge in [0.05, 0.1) is 0 Å². The number of rotatable bonds is 6. The van der Waals surface area contributed by atoms with Crippen LogP contribution < -0.4 is 5.32 Å². The number of nitrogens with one attached hydrogen (secondary N) is 1. The summed E-state index contributed by atoms with van der Waals surface area (Å²) in [5, 5.41) is 3.53. The van der Waals surface area contributed by atoms with E-state index in [2.05, 4.69) is 54.4 Å². The molecule has 1 aromatic carbocycles. The number of benzene rings is 1. The molecule has 106 valence electrons. The first-order valence-electron chi connectivity index (χ1n) is 7.81. The molecule has 0 radical (unpaired) electrons. The summed E-state index contributed by atoms with van der Waals surface area (Å²) >= 11 is 0. The zero-order valence-electron chi connectivity index (χ0n) is 12.4. The topological polar surface area (TPSA) is 15.3 Å². The van der Waals surface area contributed by atoms with Crippen molar-refractivity contribution in [1.82, 2.24) is 10.2 Å². The fourth-order valence-corrected chi connectivity index (χ4v) is 3.05. The van der Waals surface area contributed by atoms with Gasteiger partial charge in [-0.05, 0) is 50.4 Å². The molecule has 0 bridgehead atoms. The summed E-state index contributed by atoms with van der Waals surface area (Å²) in [6.45, 7) is 9.42. The average Bonchev–Trinajstić information content (AvgIpc) is 2.49. The van der Waals surface area contributed by atoms with Crippen LogP contribution in [0.4, 0.5) is 0 Å². The molecule has 1 fully saturated rings. The van der Waals surface area contributed by atoms with Gasteiger partial charge >= 0.3 is 0 Å². The zero-order chi connectivity index (χ0) is 13.5. The minimum atomic E-state index is 0.659. The van der Waals surface area contributed by atoms with Crippen LogP contribution in [0, 0.1) is 0 Å². The van der Waals surface area contributed by atoms with Gasteiger partial charge in [-0.25, -0.2) is 0 Å². The molecule has 2 nitrogen and oxygen atoms in total. The Morgan fingerprint density at radius 2 is 2.11 bits per heavy atom. The molecule has 2 unspecified atom stereocenters. The van der Waals surface area contributed by atoms with Gasteiger partial charge in [0, 0.05) is 12.6 Å². The molecular weight excluding hydrogens is 232 g/mol. The third-order valence-electron chi connectivity index (χ3n) is 4.41. The van der Waals surface area contributed by atoms with Gasteiger partial charge in [-0.2, -0.15) is 0 Å². The van der Waals surface area contributed by atoms with E-state index in [0.29, 0.717) is 5.92 Å². The molecule has 1 aliphatic rings. The summed E-state index contributed by atoms with van der Waals surface area (Å²) in [7, 11) is 0. The van der Waals surface area contributed by atoms with E-state index in [9.17, 15) is 0 Å². The van der Waals surface area contributed by atoms with E-state index in [1.807, 2.05) is 0 Å². The quantitative estimate of drug-likeness (QED) is 0.844. The second kappa shape index (κ2) is 7.66. The van der Waals surface area contributed by atoms with Gasteiger partial charge in [-0.3, -0.25) is 4.90 Å². The number of likely N-dealkylation sites (N-methyl/N-ethyl adjacent to an activating group) is 1. The number of hydrogen-bond acceptors (Lipinski definition) is 2. The third kappa shape index (κ3) is 4.32. The molecule has 1 aliphatic heterocycles. The summed E-state index contributed by atoms with van der Waals surface area (Å²) in [6.07, 6.45) is 3.95. The van der Waals surface area contributed by atoms with Crippen LogP contribution >= 0.6 is 0 Å².